The molecule has 1 aliphatic rings. The van der Waals surface area contributed by atoms with Gasteiger partial charge in [0.1, 0.15) is 0 Å². The lowest BCUT2D eigenvalue weighted by Gasteiger charge is -2.35. The van der Waals surface area contributed by atoms with Crippen LogP contribution in [-0.2, 0) is 0 Å². The number of nitrogens with zero attached hydrogens (tertiary/aromatic N) is 1. The molecule has 2 atom stereocenters. The van der Waals surface area contributed by atoms with Gasteiger partial charge >= 0.3 is 0 Å². The van der Waals surface area contributed by atoms with Crippen LogP contribution in [0.5, 0.6) is 0 Å². The number of nitrogens with one attached hydrogen (secondary N) is 1. The number of rotatable bonds is 3. The molecule has 0 spiro atoms. The first-order valence-corrected chi connectivity index (χ1v) is 9.70. The van der Waals surface area contributed by atoms with Crippen LogP contribution in [0.25, 0.3) is 21.8 Å². The third-order valence-corrected chi connectivity index (χ3v) is 5.75. The van der Waals surface area contributed by atoms with Crippen LogP contribution in [0.15, 0.2) is 72.8 Å². The standard InChI is InChI=1S/C24H24N2/c1-2-9-17-16-24(20-12-3-6-13-21(20)25-17)26-22-14-7-4-10-18(22)19-11-5-8-15-23(19)26/h3-8,10-15,17,24-25H,2,9,16H2,1H3. The van der Waals surface area contributed by atoms with Crippen molar-refractivity contribution in [2.24, 2.45) is 0 Å². The van der Waals surface area contributed by atoms with Gasteiger partial charge in [0, 0.05) is 33.5 Å². The summed E-state index contributed by atoms with van der Waals surface area (Å²) < 4.78 is 2.58. The third-order valence-electron chi connectivity index (χ3n) is 5.75. The second-order valence-electron chi connectivity index (χ2n) is 7.37. The van der Waals surface area contributed by atoms with Gasteiger partial charge in [-0.2, -0.15) is 0 Å². The third kappa shape index (κ3) is 2.33. The second kappa shape index (κ2) is 6.21. The highest BCUT2D eigenvalue weighted by Gasteiger charge is 2.29. The minimum Gasteiger partial charge on any atom is -0.382 e. The number of hydrogen-bond acceptors (Lipinski definition) is 1. The summed E-state index contributed by atoms with van der Waals surface area (Å²) in [5, 5.41) is 6.48. The molecule has 3 aromatic carbocycles. The van der Waals surface area contributed by atoms with Gasteiger partial charge in [0.15, 0.2) is 0 Å². The zero-order valence-corrected chi connectivity index (χ0v) is 15.2. The Kier molecular flexibility index (Phi) is 3.70. The van der Waals surface area contributed by atoms with Gasteiger partial charge in [-0.15, -0.1) is 0 Å². The largest absolute Gasteiger partial charge is 0.382 e. The van der Waals surface area contributed by atoms with Crippen LogP contribution in [-0.4, -0.2) is 10.6 Å². The lowest BCUT2D eigenvalue weighted by molar-refractivity contribution is 0.472. The number of anilines is 1. The number of hydrogen-bond donors (Lipinski definition) is 1. The van der Waals surface area contributed by atoms with Crippen molar-refractivity contribution < 1.29 is 0 Å². The fourth-order valence-corrected chi connectivity index (χ4v) is 4.67. The molecule has 0 saturated carbocycles. The highest BCUT2D eigenvalue weighted by Crippen LogP contribution is 2.41. The summed E-state index contributed by atoms with van der Waals surface area (Å²) in [4.78, 5) is 0. The van der Waals surface area contributed by atoms with Crippen molar-refractivity contribution in [3.8, 4) is 0 Å². The normalized spacial score (nSPS) is 19.4. The number of para-hydroxylation sites is 3. The monoisotopic (exact) mass is 340 g/mol. The van der Waals surface area contributed by atoms with Gasteiger partial charge in [-0.25, -0.2) is 0 Å². The summed E-state index contributed by atoms with van der Waals surface area (Å²) in [6.45, 7) is 2.28. The fraction of sp³-hybridized carbons (Fsp3) is 0.250. The number of fused-ring (bicyclic) bond motifs is 4. The molecule has 0 amide bonds. The molecule has 2 heteroatoms. The lowest BCUT2D eigenvalue weighted by Crippen LogP contribution is -2.30. The van der Waals surface area contributed by atoms with Crippen LogP contribution < -0.4 is 5.32 Å². The maximum atomic E-state index is 3.77. The van der Waals surface area contributed by atoms with Crippen LogP contribution in [0.1, 0.15) is 37.8 Å². The van der Waals surface area contributed by atoms with E-state index in [9.17, 15) is 0 Å². The van der Waals surface area contributed by atoms with Crippen LogP contribution in [0, 0.1) is 0 Å². The average molecular weight is 340 g/mol. The van der Waals surface area contributed by atoms with E-state index in [1.165, 1.54) is 45.9 Å². The van der Waals surface area contributed by atoms with Crippen LogP contribution in [0.3, 0.4) is 0 Å². The first-order valence-electron chi connectivity index (χ1n) is 9.70. The Bertz CT molecular complexity index is 1020. The molecular formula is C24H24N2. The van der Waals surface area contributed by atoms with E-state index in [1.807, 2.05) is 0 Å². The Balaban J connectivity index is 1.78. The number of aromatic nitrogens is 1. The zero-order valence-electron chi connectivity index (χ0n) is 15.2. The van der Waals surface area contributed by atoms with Gasteiger partial charge in [-0.05, 0) is 36.6 Å². The van der Waals surface area contributed by atoms with Gasteiger partial charge < -0.3 is 9.88 Å². The molecule has 0 bridgehead atoms. The number of benzene rings is 3. The summed E-state index contributed by atoms with van der Waals surface area (Å²) in [5.41, 5.74) is 5.38. The molecule has 1 N–H and O–H groups in total. The molecule has 26 heavy (non-hydrogen) atoms. The van der Waals surface area contributed by atoms with E-state index in [1.54, 1.807) is 0 Å². The molecular weight excluding hydrogens is 316 g/mol. The SMILES string of the molecule is CCCC1CC(n2c3ccccc3c3ccccc32)c2ccccc2N1. The molecule has 130 valence electrons. The van der Waals surface area contributed by atoms with Gasteiger partial charge in [0.2, 0.25) is 0 Å². The summed E-state index contributed by atoms with van der Waals surface area (Å²) in [6, 6.07) is 27.4. The molecule has 1 aliphatic heterocycles. The van der Waals surface area contributed by atoms with Gasteiger partial charge in [-0.3, -0.25) is 0 Å². The highest BCUT2D eigenvalue weighted by molar-refractivity contribution is 6.08. The van der Waals surface area contributed by atoms with Crippen molar-refractivity contribution >= 4 is 27.5 Å². The van der Waals surface area contributed by atoms with Crippen molar-refractivity contribution in [3.05, 3.63) is 78.4 Å². The van der Waals surface area contributed by atoms with Gasteiger partial charge in [0.25, 0.3) is 0 Å². The van der Waals surface area contributed by atoms with Crippen LogP contribution >= 0.6 is 0 Å². The van der Waals surface area contributed by atoms with E-state index in [4.69, 9.17) is 0 Å². The van der Waals surface area contributed by atoms with Gasteiger partial charge in [-0.1, -0.05) is 67.9 Å². The minimum absolute atomic E-state index is 0.369. The predicted molar refractivity (Wildman–Crippen MR) is 111 cm³/mol. The molecule has 0 fully saturated rings. The summed E-state index contributed by atoms with van der Waals surface area (Å²) in [7, 11) is 0. The topological polar surface area (TPSA) is 17.0 Å². The van der Waals surface area contributed by atoms with E-state index >= 15 is 0 Å². The molecule has 0 saturated heterocycles. The van der Waals surface area contributed by atoms with Crippen LogP contribution in [0.2, 0.25) is 0 Å². The quantitative estimate of drug-likeness (QED) is 0.458. The predicted octanol–water partition coefficient (Wildman–Crippen LogP) is 6.37. The Morgan fingerprint density at radius 2 is 1.46 bits per heavy atom. The van der Waals surface area contributed by atoms with Crippen molar-refractivity contribution in [2.45, 2.75) is 38.3 Å². The maximum absolute atomic E-state index is 3.77. The van der Waals surface area contributed by atoms with E-state index < -0.39 is 0 Å². The fourth-order valence-electron chi connectivity index (χ4n) is 4.67. The molecule has 0 radical (unpaired) electrons. The summed E-state index contributed by atoms with van der Waals surface area (Å²) in [5.74, 6) is 0. The van der Waals surface area contributed by atoms with Crippen molar-refractivity contribution in [3.63, 3.8) is 0 Å². The van der Waals surface area contributed by atoms with E-state index in [0.717, 1.165) is 6.42 Å². The van der Waals surface area contributed by atoms with Crippen LogP contribution in [0.4, 0.5) is 5.69 Å². The Morgan fingerprint density at radius 1 is 0.846 bits per heavy atom. The second-order valence-corrected chi connectivity index (χ2v) is 7.37. The molecule has 0 aliphatic carbocycles. The first-order chi connectivity index (χ1) is 12.9. The Hall–Kier alpha value is -2.74. The molecule has 4 aromatic rings. The maximum Gasteiger partial charge on any atom is 0.0631 e. The molecule has 2 nitrogen and oxygen atoms in total. The molecule has 5 rings (SSSR count). The Labute approximate surface area is 154 Å². The van der Waals surface area contributed by atoms with E-state index in [2.05, 4.69) is 89.6 Å². The molecule has 2 unspecified atom stereocenters. The molecule has 2 heterocycles. The van der Waals surface area contributed by atoms with E-state index in [0.29, 0.717) is 12.1 Å². The Morgan fingerprint density at radius 3 is 2.15 bits per heavy atom. The lowest BCUT2D eigenvalue weighted by atomic mass is 9.90. The van der Waals surface area contributed by atoms with E-state index in [-0.39, 0.29) is 0 Å². The highest BCUT2D eigenvalue weighted by atomic mass is 15.1. The molecule has 1 aromatic heterocycles. The van der Waals surface area contributed by atoms with Crippen molar-refractivity contribution in [2.75, 3.05) is 5.32 Å². The smallest absolute Gasteiger partial charge is 0.0631 e. The average Bonchev–Trinajstić information content (AvgIpc) is 3.02. The zero-order chi connectivity index (χ0) is 17.5. The minimum atomic E-state index is 0.369. The van der Waals surface area contributed by atoms with Crippen molar-refractivity contribution in [1.29, 1.82) is 0 Å². The van der Waals surface area contributed by atoms with Gasteiger partial charge in [0.05, 0.1) is 6.04 Å². The summed E-state index contributed by atoms with van der Waals surface area (Å²) in [6.07, 6.45) is 3.55. The first kappa shape index (κ1) is 15.5. The summed E-state index contributed by atoms with van der Waals surface area (Å²) >= 11 is 0. The van der Waals surface area contributed by atoms with Crippen molar-refractivity contribution in [1.82, 2.24) is 4.57 Å².